The number of anilines is 1. The summed E-state index contributed by atoms with van der Waals surface area (Å²) in [7, 11) is 1.82. The average Bonchev–Trinajstić information content (AvgIpc) is 2.59. The molecule has 0 radical (unpaired) electrons. The van der Waals surface area contributed by atoms with Crippen LogP contribution in [0.4, 0.5) is 5.69 Å². The molecule has 1 aromatic carbocycles. The number of aryl methyl sites for hydroxylation is 2. The molecular weight excluding hydrogens is 282 g/mol. The third-order valence-corrected chi connectivity index (χ3v) is 3.00. The molecule has 0 saturated carbocycles. The van der Waals surface area contributed by atoms with Crippen molar-refractivity contribution in [2.75, 3.05) is 5.73 Å². The normalized spacial score (nSPS) is 10.5. The van der Waals surface area contributed by atoms with E-state index in [1.165, 1.54) is 0 Å². The Morgan fingerprint density at radius 3 is 2.53 bits per heavy atom. The first kappa shape index (κ1) is 12.0. The molecule has 0 unspecified atom stereocenters. The Bertz CT molecular complexity index is 519. The number of rotatable bonds is 3. The molecule has 1 aromatic heterocycles. The lowest BCUT2D eigenvalue weighted by atomic mass is 10.3. The zero-order valence-corrected chi connectivity index (χ0v) is 11.4. The fourth-order valence-electron chi connectivity index (χ4n) is 1.57. The Hall–Kier alpha value is -1.49. The van der Waals surface area contributed by atoms with Gasteiger partial charge in [-0.05, 0) is 30.7 Å². The van der Waals surface area contributed by atoms with E-state index in [9.17, 15) is 0 Å². The van der Waals surface area contributed by atoms with Gasteiger partial charge in [-0.15, -0.1) is 0 Å². The van der Waals surface area contributed by atoms with Crippen LogP contribution >= 0.6 is 15.9 Å². The molecule has 2 rings (SSSR count). The summed E-state index contributed by atoms with van der Waals surface area (Å²) >= 11 is 3.38. The van der Waals surface area contributed by atoms with E-state index in [1.807, 2.05) is 38.2 Å². The number of nitrogen functional groups attached to an aromatic ring is 1. The van der Waals surface area contributed by atoms with Gasteiger partial charge in [-0.3, -0.25) is 0 Å². The van der Waals surface area contributed by atoms with Crippen molar-refractivity contribution < 1.29 is 4.74 Å². The first-order valence-electron chi connectivity index (χ1n) is 5.36. The zero-order chi connectivity index (χ0) is 12.4. The van der Waals surface area contributed by atoms with Crippen molar-refractivity contribution >= 4 is 21.6 Å². The molecule has 0 aliphatic carbocycles. The Morgan fingerprint density at radius 2 is 2.00 bits per heavy atom. The Labute approximate surface area is 109 Å². The molecule has 4 nitrogen and oxygen atoms in total. The van der Waals surface area contributed by atoms with Crippen molar-refractivity contribution in [1.29, 1.82) is 0 Å². The molecule has 2 N–H and O–H groups in total. The van der Waals surface area contributed by atoms with Crippen molar-refractivity contribution in [3.8, 4) is 11.6 Å². The first-order valence-corrected chi connectivity index (χ1v) is 6.16. The van der Waals surface area contributed by atoms with Crippen LogP contribution in [0.1, 0.15) is 12.6 Å². The summed E-state index contributed by atoms with van der Waals surface area (Å²) < 4.78 is 8.41. The van der Waals surface area contributed by atoms with E-state index >= 15 is 0 Å². The van der Waals surface area contributed by atoms with E-state index in [-0.39, 0.29) is 0 Å². The number of nitrogens with zero attached hydrogens (tertiary/aromatic N) is 2. The summed E-state index contributed by atoms with van der Waals surface area (Å²) in [4.78, 5) is 0. The monoisotopic (exact) mass is 295 g/mol. The lowest BCUT2D eigenvalue weighted by Gasteiger charge is -2.06. The maximum atomic E-state index is 5.97. The first-order chi connectivity index (χ1) is 8.11. The summed E-state index contributed by atoms with van der Waals surface area (Å²) in [5, 5.41) is 4.30. The fourth-order valence-corrected chi connectivity index (χ4v) is 1.84. The van der Waals surface area contributed by atoms with Crippen molar-refractivity contribution in [3.63, 3.8) is 0 Å². The quantitative estimate of drug-likeness (QED) is 0.946. The highest BCUT2D eigenvalue weighted by molar-refractivity contribution is 9.10. The molecule has 1 heterocycles. The second-order valence-corrected chi connectivity index (χ2v) is 4.61. The molecule has 0 aliphatic heterocycles. The number of nitrogens with two attached hydrogens (primary N) is 1. The Balaban J connectivity index is 2.29. The van der Waals surface area contributed by atoms with E-state index in [1.54, 1.807) is 4.68 Å². The van der Waals surface area contributed by atoms with E-state index in [4.69, 9.17) is 10.5 Å². The van der Waals surface area contributed by atoms with Gasteiger partial charge in [0.15, 0.2) is 0 Å². The molecule has 0 bridgehead atoms. The lowest BCUT2D eigenvalue weighted by Crippen LogP contribution is -1.96. The number of hydrogen-bond acceptors (Lipinski definition) is 3. The highest BCUT2D eigenvalue weighted by Gasteiger charge is 2.13. The van der Waals surface area contributed by atoms with Crippen LogP contribution in [0.15, 0.2) is 28.7 Å². The number of ether oxygens (including phenoxy) is 1. The minimum atomic E-state index is 0.587. The van der Waals surface area contributed by atoms with Crippen molar-refractivity contribution in [3.05, 3.63) is 34.4 Å². The van der Waals surface area contributed by atoms with Crippen molar-refractivity contribution in [2.45, 2.75) is 13.3 Å². The van der Waals surface area contributed by atoms with Gasteiger partial charge >= 0.3 is 0 Å². The summed E-state index contributed by atoms with van der Waals surface area (Å²) in [5.74, 6) is 1.33. The molecule has 17 heavy (non-hydrogen) atoms. The highest BCUT2D eigenvalue weighted by atomic mass is 79.9. The van der Waals surface area contributed by atoms with Crippen LogP contribution in [-0.4, -0.2) is 9.78 Å². The molecule has 0 fully saturated rings. The summed E-state index contributed by atoms with van der Waals surface area (Å²) in [6.07, 6.45) is 0.795. The Kier molecular flexibility index (Phi) is 3.38. The molecule has 0 spiro atoms. The molecular formula is C12H14BrN3O. The fraction of sp³-hybridized carbons (Fsp3) is 0.250. The van der Waals surface area contributed by atoms with Gasteiger partial charge in [-0.25, -0.2) is 4.68 Å². The predicted octanol–water partition coefficient (Wildman–Crippen LogP) is 3.12. The van der Waals surface area contributed by atoms with Gasteiger partial charge in [0.05, 0.1) is 5.69 Å². The summed E-state index contributed by atoms with van der Waals surface area (Å²) in [6, 6.07) is 7.59. The van der Waals surface area contributed by atoms with Gasteiger partial charge in [0.25, 0.3) is 0 Å². The molecule has 2 aromatic rings. The van der Waals surface area contributed by atoms with E-state index < -0.39 is 0 Å². The molecule has 0 amide bonds. The van der Waals surface area contributed by atoms with Crippen LogP contribution in [0.2, 0.25) is 0 Å². The number of hydrogen-bond donors (Lipinski definition) is 1. The maximum absolute atomic E-state index is 5.97. The van der Waals surface area contributed by atoms with Gasteiger partial charge in [-0.1, -0.05) is 22.9 Å². The minimum absolute atomic E-state index is 0.587. The number of halogens is 1. The van der Waals surface area contributed by atoms with Crippen LogP contribution in [0.5, 0.6) is 11.6 Å². The third-order valence-electron chi connectivity index (χ3n) is 2.47. The van der Waals surface area contributed by atoms with Crippen LogP contribution in [0.25, 0.3) is 0 Å². The number of benzene rings is 1. The summed E-state index contributed by atoms with van der Waals surface area (Å²) in [6.45, 7) is 2.02. The van der Waals surface area contributed by atoms with Gasteiger partial charge in [0.2, 0.25) is 5.88 Å². The SMILES string of the molecule is CCc1nn(C)c(Oc2ccc(Br)cc2)c1N. The van der Waals surface area contributed by atoms with Crippen LogP contribution in [0, 0.1) is 0 Å². The van der Waals surface area contributed by atoms with E-state index in [0.29, 0.717) is 11.6 Å². The highest BCUT2D eigenvalue weighted by Crippen LogP contribution is 2.30. The molecule has 90 valence electrons. The topological polar surface area (TPSA) is 53.1 Å². The second-order valence-electron chi connectivity index (χ2n) is 3.70. The van der Waals surface area contributed by atoms with Gasteiger partial charge in [0, 0.05) is 11.5 Å². The number of aromatic nitrogens is 2. The van der Waals surface area contributed by atoms with Gasteiger partial charge in [-0.2, -0.15) is 5.10 Å². The lowest BCUT2D eigenvalue weighted by molar-refractivity contribution is 0.432. The van der Waals surface area contributed by atoms with Gasteiger partial charge < -0.3 is 10.5 Å². The zero-order valence-electron chi connectivity index (χ0n) is 9.77. The van der Waals surface area contributed by atoms with Crippen molar-refractivity contribution in [2.24, 2.45) is 7.05 Å². The maximum Gasteiger partial charge on any atom is 0.241 e. The standard InChI is InChI=1S/C12H14BrN3O/c1-3-10-11(14)12(16(2)15-10)17-9-6-4-8(13)5-7-9/h4-7H,3,14H2,1-2H3. The average molecular weight is 296 g/mol. The third kappa shape index (κ3) is 2.44. The van der Waals surface area contributed by atoms with Crippen LogP contribution < -0.4 is 10.5 Å². The van der Waals surface area contributed by atoms with E-state index in [2.05, 4.69) is 21.0 Å². The van der Waals surface area contributed by atoms with Crippen molar-refractivity contribution in [1.82, 2.24) is 9.78 Å². The smallest absolute Gasteiger partial charge is 0.241 e. The predicted molar refractivity (Wildman–Crippen MR) is 71.2 cm³/mol. The molecule has 0 atom stereocenters. The van der Waals surface area contributed by atoms with Crippen LogP contribution in [-0.2, 0) is 13.5 Å². The second kappa shape index (κ2) is 4.79. The summed E-state index contributed by atoms with van der Waals surface area (Å²) in [5.41, 5.74) is 7.44. The minimum Gasteiger partial charge on any atom is -0.437 e. The molecule has 0 aliphatic rings. The van der Waals surface area contributed by atoms with Gasteiger partial charge in [0.1, 0.15) is 11.4 Å². The molecule has 0 saturated heterocycles. The largest absolute Gasteiger partial charge is 0.437 e. The van der Waals surface area contributed by atoms with Crippen LogP contribution in [0.3, 0.4) is 0 Å². The Morgan fingerprint density at radius 1 is 1.35 bits per heavy atom. The molecule has 5 heteroatoms. The van der Waals surface area contributed by atoms with E-state index in [0.717, 1.165) is 22.3 Å².